The average Bonchev–Trinajstić information content (AvgIpc) is 3.34. The maximum atomic E-state index is 13.6. The minimum Gasteiger partial charge on any atom is -0.494 e. The van der Waals surface area contributed by atoms with Crippen molar-refractivity contribution in [2.45, 2.75) is 48.9 Å². The summed E-state index contributed by atoms with van der Waals surface area (Å²) in [5.41, 5.74) is 1.74. The van der Waals surface area contributed by atoms with Crippen molar-refractivity contribution in [2.75, 3.05) is 34.4 Å². The number of hydrogen-bond donors (Lipinski definition) is 0. The van der Waals surface area contributed by atoms with Gasteiger partial charge in [0.2, 0.25) is 9.84 Å². The first-order chi connectivity index (χ1) is 18.7. The molecule has 0 aliphatic carbocycles. The second-order valence-electron chi connectivity index (χ2n) is 9.90. The predicted molar refractivity (Wildman–Crippen MR) is 153 cm³/mol. The van der Waals surface area contributed by atoms with Gasteiger partial charge < -0.3 is 23.5 Å². The fourth-order valence-corrected chi connectivity index (χ4v) is 6.30. The summed E-state index contributed by atoms with van der Waals surface area (Å²) in [5.74, 6) is 2.51. The van der Waals surface area contributed by atoms with E-state index in [1.807, 2.05) is 44.2 Å². The van der Waals surface area contributed by atoms with Gasteiger partial charge in [0.05, 0.1) is 25.7 Å². The predicted octanol–water partition coefficient (Wildman–Crippen LogP) is 6.70. The lowest BCUT2D eigenvalue weighted by Crippen LogP contribution is -2.19. The molecule has 208 valence electrons. The molecule has 1 aromatic heterocycles. The zero-order chi connectivity index (χ0) is 28.0. The van der Waals surface area contributed by atoms with E-state index in [1.54, 1.807) is 50.6 Å². The van der Waals surface area contributed by atoms with Crippen molar-refractivity contribution in [2.24, 2.45) is 0 Å². The van der Waals surface area contributed by atoms with Crippen LogP contribution in [0.3, 0.4) is 0 Å². The summed E-state index contributed by atoms with van der Waals surface area (Å²) < 4.78 is 49.7. The van der Waals surface area contributed by atoms with Crippen LogP contribution in [0.1, 0.15) is 43.9 Å². The number of nitrogens with zero attached hydrogens (tertiary/aromatic N) is 1. The van der Waals surface area contributed by atoms with Crippen molar-refractivity contribution in [1.82, 2.24) is 4.90 Å². The monoisotopic (exact) mass is 551 g/mol. The van der Waals surface area contributed by atoms with Crippen molar-refractivity contribution in [3.8, 4) is 17.2 Å². The smallest absolute Gasteiger partial charge is 0.210 e. The Morgan fingerprint density at radius 2 is 1.62 bits per heavy atom. The second kappa shape index (κ2) is 12.6. The first-order valence-electron chi connectivity index (χ1n) is 13.1. The van der Waals surface area contributed by atoms with E-state index in [-0.39, 0.29) is 15.7 Å². The van der Waals surface area contributed by atoms with Gasteiger partial charge in [-0.15, -0.1) is 0 Å². The Balaban J connectivity index is 1.30. The summed E-state index contributed by atoms with van der Waals surface area (Å²) in [6.07, 6.45) is 1.86. The molecule has 0 saturated heterocycles. The molecule has 0 aliphatic rings. The summed E-state index contributed by atoms with van der Waals surface area (Å²) >= 11 is 0. The molecule has 0 fully saturated rings. The van der Waals surface area contributed by atoms with Crippen molar-refractivity contribution >= 4 is 20.8 Å². The van der Waals surface area contributed by atoms with E-state index < -0.39 is 9.84 Å². The topological polar surface area (TPSA) is 78.2 Å². The fourth-order valence-electron chi connectivity index (χ4n) is 4.57. The lowest BCUT2D eigenvalue weighted by molar-refractivity contribution is 0.275. The highest BCUT2D eigenvalue weighted by molar-refractivity contribution is 7.91. The standard InChI is InChI=1S/C31H37NO6S/c1-22(2)30-31(26-10-6-7-11-27(26)38-30)39(33,34)25-15-13-24(14-16-25)37-19-9-8-18-32(3)21-23-12-17-28(35-4)29(20-23)36-5/h6-7,10-17,20,22H,8-9,18-19,21H2,1-5H3. The number of hydrogen-bond acceptors (Lipinski definition) is 7. The third-order valence-electron chi connectivity index (χ3n) is 6.61. The molecule has 1 heterocycles. The molecule has 8 heteroatoms. The van der Waals surface area contributed by atoms with Crippen LogP contribution in [-0.4, -0.2) is 47.7 Å². The molecule has 0 spiro atoms. The number of benzene rings is 3. The Hall–Kier alpha value is -3.49. The number of rotatable bonds is 13. The molecular formula is C31H37NO6S. The molecule has 7 nitrogen and oxygen atoms in total. The number of para-hydroxylation sites is 1. The highest BCUT2D eigenvalue weighted by atomic mass is 32.2. The molecule has 4 rings (SSSR count). The highest BCUT2D eigenvalue weighted by Crippen LogP contribution is 2.37. The van der Waals surface area contributed by atoms with Crippen molar-refractivity contribution in [3.63, 3.8) is 0 Å². The van der Waals surface area contributed by atoms with E-state index in [0.29, 0.717) is 29.1 Å². The van der Waals surface area contributed by atoms with Crippen molar-refractivity contribution < 1.29 is 27.0 Å². The molecule has 0 saturated carbocycles. The highest BCUT2D eigenvalue weighted by Gasteiger charge is 2.29. The molecule has 0 atom stereocenters. The Labute approximate surface area is 231 Å². The number of sulfone groups is 1. The van der Waals surface area contributed by atoms with Crippen molar-refractivity contribution in [1.29, 1.82) is 0 Å². The fraction of sp³-hybridized carbons (Fsp3) is 0.355. The molecule has 3 aromatic carbocycles. The van der Waals surface area contributed by atoms with Crippen LogP contribution >= 0.6 is 0 Å². The Kier molecular flexibility index (Phi) is 9.20. The number of ether oxygens (including phenoxy) is 3. The number of methoxy groups -OCH3 is 2. The van der Waals surface area contributed by atoms with E-state index in [1.165, 1.54) is 0 Å². The Morgan fingerprint density at radius 1 is 0.897 bits per heavy atom. The lowest BCUT2D eigenvalue weighted by Gasteiger charge is -2.18. The van der Waals surface area contributed by atoms with Crippen LogP contribution in [0.5, 0.6) is 17.2 Å². The molecule has 0 radical (unpaired) electrons. The second-order valence-corrected chi connectivity index (χ2v) is 11.8. The zero-order valence-electron chi connectivity index (χ0n) is 23.3. The molecule has 0 N–H and O–H groups in total. The van der Waals surface area contributed by atoms with Crippen LogP contribution in [0, 0.1) is 0 Å². The summed E-state index contributed by atoms with van der Waals surface area (Å²) in [6, 6.07) is 19.9. The lowest BCUT2D eigenvalue weighted by atomic mass is 10.1. The van der Waals surface area contributed by atoms with Gasteiger partial charge in [0.1, 0.15) is 22.0 Å². The molecule has 39 heavy (non-hydrogen) atoms. The zero-order valence-corrected chi connectivity index (χ0v) is 24.1. The van der Waals surface area contributed by atoms with E-state index in [0.717, 1.165) is 43.0 Å². The normalized spacial score (nSPS) is 11.9. The van der Waals surface area contributed by atoms with Crippen LogP contribution in [0.25, 0.3) is 11.0 Å². The van der Waals surface area contributed by atoms with Gasteiger partial charge in [0, 0.05) is 17.8 Å². The minimum absolute atomic E-state index is 0.0668. The summed E-state index contributed by atoms with van der Waals surface area (Å²) in [7, 11) is 1.60. The molecule has 0 bridgehead atoms. The maximum absolute atomic E-state index is 13.6. The van der Waals surface area contributed by atoms with Gasteiger partial charge >= 0.3 is 0 Å². The summed E-state index contributed by atoms with van der Waals surface area (Å²) in [5, 5.41) is 0.609. The van der Waals surface area contributed by atoms with Crippen LogP contribution in [0.4, 0.5) is 0 Å². The molecule has 0 amide bonds. The molecule has 4 aromatic rings. The first-order valence-corrected chi connectivity index (χ1v) is 14.6. The van der Waals surface area contributed by atoms with Gasteiger partial charge in [-0.05, 0) is 80.5 Å². The number of fused-ring (bicyclic) bond motifs is 1. The van der Waals surface area contributed by atoms with Gasteiger partial charge in [-0.25, -0.2) is 8.42 Å². The van der Waals surface area contributed by atoms with Gasteiger partial charge in [-0.1, -0.05) is 32.0 Å². The van der Waals surface area contributed by atoms with Crippen LogP contribution < -0.4 is 14.2 Å². The minimum atomic E-state index is -3.76. The number of unbranched alkanes of at least 4 members (excludes halogenated alkanes) is 1. The Morgan fingerprint density at radius 3 is 2.31 bits per heavy atom. The van der Waals surface area contributed by atoms with Gasteiger partial charge in [0.15, 0.2) is 11.5 Å². The largest absolute Gasteiger partial charge is 0.494 e. The molecule has 0 aliphatic heterocycles. The van der Waals surface area contributed by atoms with Gasteiger partial charge in [0.25, 0.3) is 0 Å². The SMILES string of the molecule is COc1ccc(CN(C)CCCCOc2ccc(S(=O)(=O)c3c(C(C)C)oc4ccccc34)cc2)cc1OC. The van der Waals surface area contributed by atoms with Gasteiger partial charge in [-0.3, -0.25) is 0 Å². The summed E-state index contributed by atoms with van der Waals surface area (Å²) in [4.78, 5) is 2.73. The van der Waals surface area contributed by atoms with Crippen LogP contribution in [0.2, 0.25) is 0 Å². The third-order valence-corrected chi connectivity index (χ3v) is 8.46. The average molecular weight is 552 g/mol. The van der Waals surface area contributed by atoms with Crippen LogP contribution in [0.15, 0.2) is 80.9 Å². The molecule has 0 unspecified atom stereocenters. The van der Waals surface area contributed by atoms with E-state index >= 15 is 0 Å². The van der Waals surface area contributed by atoms with Crippen molar-refractivity contribution in [3.05, 3.63) is 78.1 Å². The van der Waals surface area contributed by atoms with E-state index in [9.17, 15) is 8.42 Å². The van der Waals surface area contributed by atoms with E-state index in [2.05, 4.69) is 11.9 Å². The molecular weight excluding hydrogens is 514 g/mol. The third kappa shape index (κ3) is 6.57. The summed E-state index contributed by atoms with van der Waals surface area (Å²) in [6.45, 7) is 6.15. The number of furan rings is 1. The Bertz CT molecular complexity index is 1490. The van der Waals surface area contributed by atoms with E-state index in [4.69, 9.17) is 18.6 Å². The van der Waals surface area contributed by atoms with Crippen LogP contribution in [-0.2, 0) is 16.4 Å². The maximum Gasteiger partial charge on any atom is 0.210 e. The quantitative estimate of drug-likeness (QED) is 0.171. The first kappa shape index (κ1) is 28.5. The van der Waals surface area contributed by atoms with Gasteiger partial charge in [-0.2, -0.15) is 0 Å².